The van der Waals surface area contributed by atoms with Crippen LogP contribution in [-0.4, -0.2) is 31.4 Å². The lowest BCUT2D eigenvalue weighted by Gasteiger charge is -2.33. The molecule has 2 atom stereocenters. The Morgan fingerprint density at radius 3 is 2.48 bits per heavy atom. The molecule has 2 rings (SSSR count). The molecule has 1 heterocycles. The summed E-state index contributed by atoms with van der Waals surface area (Å²) in [7, 11) is 3.78. The molecule has 2 unspecified atom stereocenters. The average Bonchev–Trinajstić information content (AvgIpc) is 2.64. The fourth-order valence-electron chi connectivity index (χ4n) is 3.79. The van der Waals surface area contributed by atoms with Crippen LogP contribution in [0.2, 0.25) is 0 Å². The molecular weight excluding hydrogens is 262 g/mol. The monoisotopic (exact) mass is 291 g/mol. The molecule has 0 spiro atoms. The van der Waals surface area contributed by atoms with Gasteiger partial charge < -0.3 is 14.8 Å². The highest BCUT2D eigenvalue weighted by atomic mass is 16.5. The van der Waals surface area contributed by atoms with Crippen molar-refractivity contribution in [1.29, 1.82) is 0 Å². The Labute approximate surface area is 129 Å². The molecule has 0 radical (unpaired) electrons. The molecule has 0 aromatic heterocycles. The molecule has 21 heavy (non-hydrogen) atoms. The third-order valence-electron chi connectivity index (χ3n) is 4.63. The van der Waals surface area contributed by atoms with Crippen LogP contribution in [0.4, 0.5) is 0 Å². The number of rotatable bonds is 5. The number of hydrogen-bond donors (Lipinski definition) is 1. The van der Waals surface area contributed by atoms with Gasteiger partial charge in [-0.15, -0.1) is 0 Å². The van der Waals surface area contributed by atoms with Gasteiger partial charge in [-0.2, -0.15) is 0 Å². The van der Waals surface area contributed by atoms with Gasteiger partial charge in [-0.05, 0) is 59.2 Å². The Balaban J connectivity index is 2.20. The van der Waals surface area contributed by atoms with Crippen molar-refractivity contribution in [3.63, 3.8) is 0 Å². The molecule has 1 aliphatic rings. The van der Waals surface area contributed by atoms with Gasteiger partial charge in [0.15, 0.2) is 0 Å². The Hall–Kier alpha value is -1.06. The SMILES string of the molecule is CNC(Cc1ccccc1OC)C1CC(C)(C)OC1(C)C. The third kappa shape index (κ3) is 3.58. The summed E-state index contributed by atoms with van der Waals surface area (Å²) in [5.41, 5.74) is 1.09. The molecule has 1 saturated heterocycles. The lowest BCUT2D eigenvalue weighted by molar-refractivity contribution is -0.0774. The molecule has 1 aromatic rings. The van der Waals surface area contributed by atoms with Crippen molar-refractivity contribution in [3.05, 3.63) is 29.8 Å². The molecule has 1 N–H and O–H groups in total. The van der Waals surface area contributed by atoms with Gasteiger partial charge in [0.05, 0.1) is 18.3 Å². The summed E-state index contributed by atoms with van der Waals surface area (Å²) in [6, 6.07) is 8.64. The van der Waals surface area contributed by atoms with Crippen LogP contribution in [0.15, 0.2) is 24.3 Å². The van der Waals surface area contributed by atoms with Gasteiger partial charge in [0, 0.05) is 12.0 Å². The van der Waals surface area contributed by atoms with Gasteiger partial charge in [-0.1, -0.05) is 18.2 Å². The van der Waals surface area contributed by atoms with E-state index in [4.69, 9.17) is 9.47 Å². The van der Waals surface area contributed by atoms with Crippen molar-refractivity contribution < 1.29 is 9.47 Å². The van der Waals surface area contributed by atoms with Crippen LogP contribution >= 0.6 is 0 Å². The van der Waals surface area contributed by atoms with E-state index in [1.54, 1.807) is 7.11 Å². The molecule has 118 valence electrons. The predicted octanol–water partition coefficient (Wildman–Crippen LogP) is 3.42. The van der Waals surface area contributed by atoms with Crippen LogP contribution in [0.25, 0.3) is 0 Å². The van der Waals surface area contributed by atoms with Crippen molar-refractivity contribution in [2.45, 2.75) is 57.8 Å². The standard InChI is InChI=1S/C18H29NO2/c1-17(2)12-14(18(3,4)21-17)15(19-5)11-13-9-7-8-10-16(13)20-6/h7-10,14-15,19H,11-12H2,1-6H3. The molecule has 3 heteroatoms. The number of benzene rings is 1. The highest BCUT2D eigenvalue weighted by Gasteiger charge is 2.48. The third-order valence-corrected chi connectivity index (χ3v) is 4.63. The van der Waals surface area contributed by atoms with Crippen molar-refractivity contribution in [1.82, 2.24) is 5.32 Å². The Morgan fingerprint density at radius 1 is 1.29 bits per heavy atom. The van der Waals surface area contributed by atoms with Crippen molar-refractivity contribution >= 4 is 0 Å². The van der Waals surface area contributed by atoms with Crippen molar-refractivity contribution in [3.8, 4) is 5.75 Å². The normalized spacial score (nSPS) is 24.8. The van der Waals surface area contributed by atoms with E-state index >= 15 is 0 Å². The Bertz CT molecular complexity index is 482. The number of hydrogen-bond acceptors (Lipinski definition) is 3. The number of nitrogens with one attached hydrogen (secondary N) is 1. The van der Waals surface area contributed by atoms with Crippen LogP contribution in [-0.2, 0) is 11.2 Å². The van der Waals surface area contributed by atoms with Gasteiger partial charge in [-0.25, -0.2) is 0 Å². The number of likely N-dealkylation sites (N-methyl/N-ethyl adjacent to an activating group) is 1. The summed E-state index contributed by atoms with van der Waals surface area (Å²) in [6.45, 7) is 8.78. The molecule has 0 saturated carbocycles. The molecule has 1 aliphatic heterocycles. The topological polar surface area (TPSA) is 30.5 Å². The maximum Gasteiger partial charge on any atom is 0.122 e. The van der Waals surface area contributed by atoms with Gasteiger partial charge >= 0.3 is 0 Å². The number of para-hydroxylation sites is 1. The first-order valence-corrected chi connectivity index (χ1v) is 7.78. The first-order valence-electron chi connectivity index (χ1n) is 7.78. The zero-order valence-electron chi connectivity index (χ0n) is 14.2. The van der Waals surface area contributed by atoms with Crippen LogP contribution < -0.4 is 10.1 Å². The average molecular weight is 291 g/mol. The first kappa shape index (κ1) is 16.3. The van der Waals surface area contributed by atoms with E-state index in [2.05, 4.69) is 45.1 Å². The van der Waals surface area contributed by atoms with Gasteiger partial charge in [0.1, 0.15) is 5.75 Å². The van der Waals surface area contributed by atoms with Gasteiger partial charge in [-0.3, -0.25) is 0 Å². The van der Waals surface area contributed by atoms with E-state index in [1.807, 2.05) is 19.2 Å². The second-order valence-electron chi connectivity index (χ2n) is 7.19. The van der Waals surface area contributed by atoms with Crippen molar-refractivity contribution in [2.75, 3.05) is 14.2 Å². The number of ether oxygens (including phenoxy) is 2. The van der Waals surface area contributed by atoms with E-state index in [1.165, 1.54) is 5.56 Å². The van der Waals surface area contributed by atoms with Crippen LogP contribution in [0, 0.1) is 5.92 Å². The quantitative estimate of drug-likeness (QED) is 0.901. The molecule has 0 amide bonds. The molecule has 1 fully saturated rings. The van der Waals surface area contributed by atoms with E-state index < -0.39 is 0 Å². The minimum Gasteiger partial charge on any atom is -0.496 e. The Morgan fingerprint density at radius 2 is 1.95 bits per heavy atom. The molecule has 1 aromatic carbocycles. The van der Waals surface area contributed by atoms with Crippen LogP contribution in [0.3, 0.4) is 0 Å². The smallest absolute Gasteiger partial charge is 0.122 e. The van der Waals surface area contributed by atoms with E-state index in [-0.39, 0.29) is 11.2 Å². The van der Waals surface area contributed by atoms with Crippen LogP contribution in [0.1, 0.15) is 39.7 Å². The van der Waals surface area contributed by atoms with E-state index in [0.29, 0.717) is 12.0 Å². The maximum absolute atomic E-state index is 6.25. The molecule has 3 nitrogen and oxygen atoms in total. The van der Waals surface area contributed by atoms with Gasteiger partial charge in [0.2, 0.25) is 0 Å². The van der Waals surface area contributed by atoms with Crippen LogP contribution in [0.5, 0.6) is 5.75 Å². The summed E-state index contributed by atoms with van der Waals surface area (Å²) in [5.74, 6) is 1.44. The highest BCUT2D eigenvalue weighted by molar-refractivity contribution is 5.34. The zero-order valence-corrected chi connectivity index (χ0v) is 14.2. The second kappa shape index (κ2) is 5.98. The highest BCUT2D eigenvalue weighted by Crippen LogP contribution is 2.44. The van der Waals surface area contributed by atoms with E-state index in [9.17, 15) is 0 Å². The minimum absolute atomic E-state index is 0.0515. The molecule has 0 aliphatic carbocycles. The minimum atomic E-state index is -0.112. The fourth-order valence-corrected chi connectivity index (χ4v) is 3.79. The fraction of sp³-hybridized carbons (Fsp3) is 0.667. The molecule has 0 bridgehead atoms. The second-order valence-corrected chi connectivity index (χ2v) is 7.19. The lowest BCUT2D eigenvalue weighted by Crippen LogP contribution is -2.44. The Kier molecular flexibility index (Phi) is 4.64. The van der Waals surface area contributed by atoms with E-state index in [0.717, 1.165) is 18.6 Å². The predicted molar refractivity (Wildman–Crippen MR) is 86.9 cm³/mol. The number of methoxy groups -OCH3 is 1. The zero-order chi connectivity index (χ0) is 15.7. The van der Waals surface area contributed by atoms with Gasteiger partial charge in [0.25, 0.3) is 0 Å². The maximum atomic E-state index is 6.25. The molecular formula is C18H29NO2. The summed E-state index contributed by atoms with van der Waals surface area (Å²) in [6.07, 6.45) is 2.02. The summed E-state index contributed by atoms with van der Waals surface area (Å²) < 4.78 is 11.7. The summed E-state index contributed by atoms with van der Waals surface area (Å²) in [4.78, 5) is 0. The summed E-state index contributed by atoms with van der Waals surface area (Å²) in [5, 5.41) is 3.50. The van der Waals surface area contributed by atoms with Crippen molar-refractivity contribution in [2.24, 2.45) is 5.92 Å². The summed E-state index contributed by atoms with van der Waals surface area (Å²) >= 11 is 0. The lowest BCUT2D eigenvalue weighted by atomic mass is 9.79. The largest absolute Gasteiger partial charge is 0.496 e. The first-order chi connectivity index (χ1) is 9.79.